The summed E-state index contributed by atoms with van der Waals surface area (Å²) >= 11 is 0. The van der Waals surface area contributed by atoms with Gasteiger partial charge in [0.2, 0.25) is 5.91 Å². The number of pyridine rings is 1. The summed E-state index contributed by atoms with van der Waals surface area (Å²) in [6.45, 7) is 2.14. The van der Waals surface area contributed by atoms with Crippen molar-refractivity contribution in [3.8, 4) is 5.82 Å². The van der Waals surface area contributed by atoms with Crippen molar-refractivity contribution in [2.75, 3.05) is 39.8 Å². The lowest BCUT2D eigenvalue weighted by atomic mass is 10.1. The van der Waals surface area contributed by atoms with Crippen LogP contribution in [0.25, 0.3) is 16.7 Å². The third-order valence-corrected chi connectivity index (χ3v) is 6.41. The van der Waals surface area contributed by atoms with Gasteiger partial charge in [0.05, 0.1) is 41.1 Å². The molecular formula is C21H23FN8O3. The van der Waals surface area contributed by atoms with E-state index in [-0.39, 0.29) is 47.3 Å². The van der Waals surface area contributed by atoms with Crippen LogP contribution in [0.4, 0.5) is 4.39 Å². The molecule has 0 spiro atoms. The molecule has 2 fully saturated rings. The number of aromatic nitrogens is 5. The molecule has 12 heteroatoms. The van der Waals surface area contributed by atoms with Gasteiger partial charge in [0, 0.05) is 32.4 Å². The van der Waals surface area contributed by atoms with Gasteiger partial charge in [-0.1, -0.05) is 5.21 Å². The van der Waals surface area contributed by atoms with Crippen LogP contribution in [0.2, 0.25) is 0 Å². The number of carbonyl (C=O) groups is 3. The lowest BCUT2D eigenvalue weighted by molar-refractivity contribution is -0.140. The highest BCUT2D eigenvalue weighted by Crippen LogP contribution is 2.26. The van der Waals surface area contributed by atoms with Crippen LogP contribution < -0.4 is 0 Å². The Morgan fingerprint density at radius 3 is 2.55 bits per heavy atom. The number of piperazine rings is 1. The van der Waals surface area contributed by atoms with E-state index in [2.05, 4.69) is 25.2 Å². The maximum absolute atomic E-state index is 14.6. The van der Waals surface area contributed by atoms with E-state index in [0.717, 1.165) is 25.6 Å². The summed E-state index contributed by atoms with van der Waals surface area (Å²) in [4.78, 5) is 50.8. The van der Waals surface area contributed by atoms with Crippen molar-refractivity contribution in [2.24, 2.45) is 0 Å². The third-order valence-electron chi connectivity index (χ3n) is 6.41. The van der Waals surface area contributed by atoms with E-state index >= 15 is 0 Å². The number of nitrogens with zero attached hydrogens (tertiary/aromatic N) is 7. The van der Waals surface area contributed by atoms with Gasteiger partial charge in [-0.3, -0.25) is 19.3 Å². The second-order valence-electron chi connectivity index (χ2n) is 8.31. The van der Waals surface area contributed by atoms with Crippen LogP contribution in [0.15, 0.2) is 24.8 Å². The van der Waals surface area contributed by atoms with Crippen molar-refractivity contribution in [3.05, 3.63) is 36.2 Å². The number of hydrogen-bond acceptors (Lipinski definition) is 7. The molecular weight excluding hydrogens is 431 g/mol. The van der Waals surface area contributed by atoms with Crippen molar-refractivity contribution in [3.63, 3.8) is 0 Å². The monoisotopic (exact) mass is 454 g/mol. The smallest absolute Gasteiger partial charge is 0.295 e. The summed E-state index contributed by atoms with van der Waals surface area (Å²) in [6.07, 6.45) is 7.12. The number of amides is 2. The normalized spacial score (nSPS) is 19.4. The Labute approximate surface area is 188 Å². The van der Waals surface area contributed by atoms with Crippen LogP contribution >= 0.6 is 0 Å². The standard InChI is InChI=1S/C21H23FN8O3/c1-27-5-2-3-15(27)20(32)28-7-9-29(10-8-28)21(33)18(31)13-11-23-17-16(13)14(22)12-24-19(17)30-6-4-25-26-30/h4,6,11-12,15,23H,2-3,5,7-10H2,1H3. The molecule has 1 atom stereocenters. The zero-order valence-electron chi connectivity index (χ0n) is 18.1. The SMILES string of the molecule is CN1CCCC1C(=O)N1CCN(C(=O)C(=O)c2c[nH]c3c(-n4ccnn4)ncc(F)c23)CC1. The minimum Gasteiger partial charge on any atom is -0.357 e. The van der Waals surface area contributed by atoms with Crippen LogP contribution in [-0.2, 0) is 9.59 Å². The Hall–Kier alpha value is -3.67. The van der Waals surface area contributed by atoms with E-state index in [4.69, 9.17) is 0 Å². The average molecular weight is 454 g/mol. The molecule has 3 aromatic heterocycles. The number of aromatic amines is 1. The molecule has 0 radical (unpaired) electrons. The summed E-state index contributed by atoms with van der Waals surface area (Å²) in [7, 11) is 1.94. The van der Waals surface area contributed by atoms with E-state index in [0.29, 0.717) is 13.1 Å². The Kier molecular flexibility index (Phi) is 5.36. The number of H-pyrrole nitrogens is 1. The second kappa shape index (κ2) is 8.35. The van der Waals surface area contributed by atoms with Crippen molar-refractivity contribution in [2.45, 2.75) is 18.9 Å². The maximum Gasteiger partial charge on any atom is 0.295 e. The van der Waals surface area contributed by atoms with Crippen LogP contribution in [0.3, 0.4) is 0 Å². The number of Topliss-reactive ketones (excluding diaryl/α,β-unsaturated/α-hetero) is 1. The van der Waals surface area contributed by atoms with E-state index in [1.165, 1.54) is 28.2 Å². The first-order chi connectivity index (χ1) is 16.0. The molecule has 2 saturated heterocycles. The van der Waals surface area contributed by atoms with Gasteiger partial charge < -0.3 is 14.8 Å². The molecule has 11 nitrogen and oxygen atoms in total. The highest BCUT2D eigenvalue weighted by Gasteiger charge is 2.35. The molecule has 5 rings (SSSR count). The Morgan fingerprint density at radius 2 is 1.88 bits per heavy atom. The molecule has 1 unspecified atom stereocenters. The highest BCUT2D eigenvalue weighted by molar-refractivity contribution is 6.45. The second-order valence-corrected chi connectivity index (χ2v) is 8.31. The van der Waals surface area contributed by atoms with Crippen molar-refractivity contribution < 1.29 is 18.8 Å². The van der Waals surface area contributed by atoms with Gasteiger partial charge in [-0.2, -0.15) is 0 Å². The number of rotatable bonds is 4. The van der Waals surface area contributed by atoms with Gasteiger partial charge in [0.25, 0.3) is 11.7 Å². The molecule has 3 aromatic rings. The number of likely N-dealkylation sites (tertiary alicyclic amines) is 1. The van der Waals surface area contributed by atoms with Gasteiger partial charge in [0.1, 0.15) is 0 Å². The Bertz CT molecular complexity index is 1220. The first kappa shape index (κ1) is 21.2. The van der Waals surface area contributed by atoms with E-state index < -0.39 is 17.5 Å². The number of halogens is 1. The lowest BCUT2D eigenvalue weighted by Crippen LogP contribution is -2.55. The van der Waals surface area contributed by atoms with Gasteiger partial charge in [-0.15, -0.1) is 5.10 Å². The third kappa shape index (κ3) is 3.65. The van der Waals surface area contributed by atoms with Gasteiger partial charge in [-0.25, -0.2) is 14.1 Å². The average Bonchev–Trinajstić information content (AvgIpc) is 3.59. The molecule has 0 saturated carbocycles. The summed E-state index contributed by atoms with van der Waals surface area (Å²) in [5, 5.41) is 7.54. The molecule has 2 aliphatic heterocycles. The zero-order chi connectivity index (χ0) is 23.1. The van der Waals surface area contributed by atoms with Crippen molar-refractivity contribution >= 4 is 28.5 Å². The molecule has 2 aliphatic rings. The van der Waals surface area contributed by atoms with E-state index in [9.17, 15) is 18.8 Å². The summed E-state index contributed by atoms with van der Waals surface area (Å²) < 4.78 is 16.0. The lowest BCUT2D eigenvalue weighted by Gasteiger charge is -2.36. The van der Waals surface area contributed by atoms with Gasteiger partial charge >= 0.3 is 0 Å². The molecule has 0 aromatic carbocycles. The minimum absolute atomic E-state index is 0.0214. The van der Waals surface area contributed by atoms with Crippen LogP contribution in [0, 0.1) is 5.82 Å². The fraction of sp³-hybridized carbons (Fsp3) is 0.429. The first-order valence-electron chi connectivity index (χ1n) is 10.8. The molecule has 5 heterocycles. The summed E-state index contributed by atoms with van der Waals surface area (Å²) in [5.41, 5.74) is 0.176. The number of likely N-dealkylation sites (N-methyl/N-ethyl adjacent to an activating group) is 1. The number of ketones is 1. The fourth-order valence-electron chi connectivity index (χ4n) is 4.59. The number of carbonyl (C=O) groups excluding carboxylic acids is 3. The molecule has 0 bridgehead atoms. The molecule has 2 amide bonds. The number of fused-ring (bicyclic) bond motifs is 1. The predicted octanol–water partition coefficient (Wildman–Crippen LogP) is 0.230. The summed E-state index contributed by atoms with van der Waals surface area (Å²) in [5.74, 6) is -1.92. The Balaban J connectivity index is 1.32. The predicted molar refractivity (Wildman–Crippen MR) is 114 cm³/mol. The Morgan fingerprint density at radius 1 is 1.12 bits per heavy atom. The zero-order valence-corrected chi connectivity index (χ0v) is 18.1. The molecule has 172 valence electrons. The van der Waals surface area contributed by atoms with E-state index in [1.54, 1.807) is 4.90 Å². The summed E-state index contributed by atoms with van der Waals surface area (Å²) in [6, 6.07) is -0.115. The quantitative estimate of drug-likeness (QED) is 0.443. The van der Waals surface area contributed by atoms with Gasteiger partial charge in [0.15, 0.2) is 11.6 Å². The van der Waals surface area contributed by atoms with Crippen LogP contribution in [0.5, 0.6) is 0 Å². The minimum atomic E-state index is -0.814. The number of hydrogen-bond donors (Lipinski definition) is 1. The van der Waals surface area contributed by atoms with Crippen LogP contribution in [0.1, 0.15) is 23.2 Å². The van der Waals surface area contributed by atoms with Crippen LogP contribution in [-0.4, -0.2) is 103 Å². The van der Waals surface area contributed by atoms with Crippen molar-refractivity contribution in [1.29, 1.82) is 0 Å². The van der Waals surface area contributed by atoms with E-state index in [1.807, 2.05) is 7.05 Å². The first-order valence-corrected chi connectivity index (χ1v) is 10.8. The highest BCUT2D eigenvalue weighted by atomic mass is 19.1. The molecule has 1 N–H and O–H groups in total. The van der Waals surface area contributed by atoms with Gasteiger partial charge in [-0.05, 0) is 26.4 Å². The molecule has 33 heavy (non-hydrogen) atoms. The maximum atomic E-state index is 14.6. The van der Waals surface area contributed by atoms with Crippen molar-refractivity contribution in [1.82, 2.24) is 39.7 Å². The largest absolute Gasteiger partial charge is 0.357 e. The topological polar surface area (TPSA) is 120 Å². The number of nitrogens with one attached hydrogen (secondary N) is 1. The molecule has 0 aliphatic carbocycles. The fourth-order valence-corrected chi connectivity index (χ4v) is 4.59.